The van der Waals surface area contributed by atoms with E-state index in [2.05, 4.69) is 28.4 Å². The Morgan fingerprint density at radius 2 is 1.48 bits per heavy atom. The third-order valence-electron chi connectivity index (χ3n) is 4.85. The van der Waals surface area contributed by atoms with Gasteiger partial charge in [-0.05, 0) is 0 Å². The number of hydrogen-bond acceptors (Lipinski definition) is 3. The summed E-state index contributed by atoms with van der Waals surface area (Å²) in [7, 11) is 0. The normalized spacial score (nSPS) is 21.8. The summed E-state index contributed by atoms with van der Waals surface area (Å²) < 4.78 is 32.1. The van der Waals surface area contributed by atoms with Gasteiger partial charge >= 0.3 is 151 Å². The van der Waals surface area contributed by atoms with Crippen LogP contribution in [0.2, 0.25) is 0 Å². The number of hydrogen-bond donors (Lipinski definition) is 1. The van der Waals surface area contributed by atoms with Gasteiger partial charge < -0.3 is 0 Å². The zero-order valence-corrected chi connectivity index (χ0v) is 15.5. The Morgan fingerprint density at radius 3 is 2.08 bits per heavy atom. The van der Waals surface area contributed by atoms with Crippen LogP contribution in [0, 0.1) is 11.6 Å². The third-order valence-corrected chi connectivity index (χ3v) is 6.50. The van der Waals surface area contributed by atoms with Crippen LogP contribution in [0.4, 0.5) is 8.78 Å². The monoisotopic (exact) mass is 405 g/mol. The maximum atomic E-state index is 13.3. The number of rotatable bonds is 2. The van der Waals surface area contributed by atoms with Gasteiger partial charge in [-0.15, -0.1) is 0 Å². The zero-order valence-electron chi connectivity index (χ0n) is 13.8. The molecule has 0 amide bonds. The standard InChI is InChI=1S/C19H17F2N3Se/c1-19(2)17(12-5-9-14(21)10-6-12)22-15(16-18(19)23-24-25-16)11-3-7-13(20)8-4-11/h3-10,15,17,22H,1-2H3. The summed E-state index contributed by atoms with van der Waals surface area (Å²) in [6.07, 6.45) is 0. The molecule has 0 saturated carbocycles. The van der Waals surface area contributed by atoms with Crippen LogP contribution in [0.1, 0.15) is 47.2 Å². The van der Waals surface area contributed by atoms with Crippen LogP contribution in [0.15, 0.2) is 48.5 Å². The van der Waals surface area contributed by atoms with Crippen LogP contribution in [0.3, 0.4) is 0 Å². The maximum absolute atomic E-state index is 13.3. The molecule has 25 heavy (non-hydrogen) atoms. The second-order valence-corrected chi connectivity index (χ2v) is 8.49. The molecule has 0 aliphatic carbocycles. The van der Waals surface area contributed by atoms with Gasteiger partial charge in [0.2, 0.25) is 0 Å². The van der Waals surface area contributed by atoms with Crippen LogP contribution in [0.5, 0.6) is 0 Å². The number of benzene rings is 2. The number of nitrogens with zero attached hydrogens (tertiary/aromatic N) is 2. The van der Waals surface area contributed by atoms with Crippen molar-refractivity contribution < 1.29 is 8.78 Å². The SMILES string of the molecule is CC1(C)c2nn[se]c2C(c2ccc(F)cc2)NC1c1ccc(F)cc1. The predicted octanol–water partition coefficient (Wildman–Crippen LogP) is 3.52. The molecule has 1 aliphatic heterocycles. The van der Waals surface area contributed by atoms with Crippen molar-refractivity contribution in [3.05, 3.63) is 81.4 Å². The topological polar surface area (TPSA) is 37.8 Å². The van der Waals surface area contributed by atoms with E-state index in [0.29, 0.717) is 0 Å². The fourth-order valence-corrected chi connectivity index (χ4v) is 5.40. The molecule has 0 radical (unpaired) electrons. The first-order valence-corrected chi connectivity index (χ1v) is 9.69. The molecule has 4 rings (SSSR count). The van der Waals surface area contributed by atoms with E-state index >= 15 is 0 Å². The molecule has 2 aromatic carbocycles. The molecule has 3 aromatic rings. The summed E-state index contributed by atoms with van der Waals surface area (Å²) >= 11 is -0.0631. The number of fused-ring (bicyclic) bond motifs is 1. The quantitative estimate of drug-likeness (QED) is 0.665. The van der Waals surface area contributed by atoms with E-state index in [-0.39, 0.29) is 43.9 Å². The molecule has 1 N–H and O–H groups in total. The van der Waals surface area contributed by atoms with E-state index in [4.69, 9.17) is 0 Å². The molecule has 2 heterocycles. The van der Waals surface area contributed by atoms with Gasteiger partial charge in [-0.25, -0.2) is 0 Å². The van der Waals surface area contributed by atoms with Crippen molar-refractivity contribution in [2.24, 2.45) is 0 Å². The van der Waals surface area contributed by atoms with Crippen molar-refractivity contribution in [2.45, 2.75) is 31.3 Å². The molecule has 0 fully saturated rings. The van der Waals surface area contributed by atoms with Crippen molar-refractivity contribution in [2.75, 3.05) is 0 Å². The van der Waals surface area contributed by atoms with Gasteiger partial charge in [-0.2, -0.15) is 0 Å². The van der Waals surface area contributed by atoms with Gasteiger partial charge in [0.25, 0.3) is 0 Å². The first kappa shape index (κ1) is 16.6. The summed E-state index contributed by atoms with van der Waals surface area (Å²) in [5.74, 6) is -0.508. The average Bonchev–Trinajstić information content (AvgIpc) is 3.08. The van der Waals surface area contributed by atoms with Gasteiger partial charge in [0.05, 0.1) is 0 Å². The van der Waals surface area contributed by atoms with E-state index in [9.17, 15) is 8.78 Å². The molecule has 0 bridgehead atoms. The number of nitrogens with one attached hydrogen (secondary N) is 1. The van der Waals surface area contributed by atoms with Gasteiger partial charge in [0.1, 0.15) is 0 Å². The van der Waals surface area contributed by atoms with Gasteiger partial charge in [-0.1, -0.05) is 0 Å². The van der Waals surface area contributed by atoms with Crippen LogP contribution < -0.4 is 5.32 Å². The fraction of sp³-hybridized carbons (Fsp3) is 0.263. The summed E-state index contributed by atoms with van der Waals surface area (Å²) in [6.45, 7) is 4.26. The van der Waals surface area contributed by atoms with Crippen molar-refractivity contribution in [3.8, 4) is 0 Å². The van der Waals surface area contributed by atoms with E-state index in [1.807, 2.05) is 0 Å². The average molecular weight is 404 g/mol. The summed E-state index contributed by atoms with van der Waals surface area (Å²) in [4.78, 5) is 0. The van der Waals surface area contributed by atoms with Gasteiger partial charge in [0, 0.05) is 0 Å². The van der Waals surface area contributed by atoms with E-state index in [0.717, 1.165) is 16.8 Å². The molecule has 0 spiro atoms. The first-order valence-electron chi connectivity index (χ1n) is 8.06. The molecule has 0 saturated heterocycles. The molecular weight excluding hydrogens is 387 g/mol. The van der Waals surface area contributed by atoms with E-state index in [1.165, 1.54) is 28.7 Å². The summed E-state index contributed by atoms with van der Waals surface area (Å²) in [6, 6.07) is 13.0. The van der Waals surface area contributed by atoms with Gasteiger partial charge in [0.15, 0.2) is 0 Å². The number of halogens is 2. The zero-order chi connectivity index (χ0) is 17.6. The van der Waals surface area contributed by atoms with E-state index in [1.54, 1.807) is 24.3 Å². The Bertz CT molecular complexity index is 888. The third kappa shape index (κ3) is 2.84. The number of aromatic nitrogens is 2. The van der Waals surface area contributed by atoms with Crippen molar-refractivity contribution >= 4 is 14.7 Å². The molecule has 3 nitrogen and oxygen atoms in total. The van der Waals surface area contributed by atoms with Crippen LogP contribution in [0.25, 0.3) is 0 Å². The summed E-state index contributed by atoms with van der Waals surface area (Å²) in [5, 5.41) is 8.12. The predicted molar refractivity (Wildman–Crippen MR) is 92.5 cm³/mol. The molecule has 2 atom stereocenters. The minimum absolute atomic E-state index is 0.0465. The molecule has 1 aromatic heterocycles. The second-order valence-electron chi connectivity index (χ2n) is 6.84. The molecular formula is C19H17F2N3Se. The van der Waals surface area contributed by atoms with Crippen molar-refractivity contribution in [1.29, 1.82) is 0 Å². The van der Waals surface area contributed by atoms with Gasteiger partial charge in [-0.3, -0.25) is 0 Å². The second kappa shape index (κ2) is 6.13. The Labute approximate surface area is 151 Å². The molecule has 6 heteroatoms. The Hall–Kier alpha value is -1.88. The Balaban J connectivity index is 1.82. The van der Waals surface area contributed by atoms with Crippen LogP contribution in [-0.2, 0) is 5.41 Å². The van der Waals surface area contributed by atoms with Crippen LogP contribution >= 0.6 is 0 Å². The molecule has 128 valence electrons. The first-order chi connectivity index (χ1) is 12.0. The Morgan fingerprint density at radius 1 is 0.920 bits per heavy atom. The van der Waals surface area contributed by atoms with E-state index < -0.39 is 0 Å². The summed E-state index contributed by atoms with van der Waals surface area (Å²) in [5.41, 5.74) is 2.71. The Kier molecular flexibility index (Phi) is 4.07. The minimum atomic E-state index is -0.272. The molecule has 1 aliphatic rings. The fourth-order valence-electron chi connectivity index (χ4n) is 3.49. The molecule has 2 unspecified atom stereocenters. The van der Waals surface area contributed by atoms with Crippen molar-refractivity contribution in [3.63, 3.8) is 0 Å². The van der Waals surface area contributed by atoms with Crippen LogP contribution in [-0.4, -0.2) is 23.9 Å². The van der Waals surface area contributed by atoms with Crippen molar-refractivity contribution in [1.82, 2.24) is 14.5 Å².